The number of para-hydroxylation sites is 2. The summed E-state index contributed by atoms with van der Waals surface area (Å²) >= 11 is 0. The molecule has 1 aromatic carbocycles. The Hall–Kier alpha value is -3.62. The lowest BCUT2D eigenvalue weighted by Crippen LogP contribution is -2.22. The van der Waals surface area contributed by atoms with Gasteiger partial charge in [0.05, 0.1) is 11.1 Å². The van der Waals surface area contributed by atoms with Crippen molar-refractivity contribution < 1.29 is 18.9 Å². The van der Waals surface area contributed by atoms with Gasteiger partial charge in [-0.25, -0.2) is 0 Å². The summed E-state index contributed by atoms with van der Waals surface area (Å²) in [4.78, 5) is 22.7. The first-order chi connectivity index (χ1) is 13.0. The van der Waals surface area contributed by atoms with Crippen LogP contribution in [0.1, 0.15) is 27.6 Å². The Balaban J connectivity index is 1.59. The van der Waals surface area contributed by atoms with Gasteiger partial charge in [-0.2, -0.15) is 5.10 Å². The molecule has 0 aliphatic rings. The predicted molar refractivity (Wildman–Crippen MR) is 95.3 cm³/mol. The van der Waals surface area contributed by atoms with Crippen molar-refractivity contribution >= 4 is 11.6 Å². The number of hydrogen-bond acceptors (Lipinski definition) is 6. The van der Waals surface area contributed by atoms with Crippen LogP contribution in [0, 0.1) is 17.0 Å². The number of furan rings is 1. The number of nitro benzene ring substituents is 1. The lowest BCUT2D eigenvalue weighted by atomic mass is 10.2. The molecule has 0 saturated heterocycles. The highest BCUT2D eigenvalue weighted by Crippen LogP contribution is 2.26. The molecule has 2 heterocycles. The number of amides is 1. The molecule has 0 unspecified atom stereocenters. The van der Waals surface area contributed by atoms with Crippen LogP contribution in [-0.4, -0.2) is 20.6 Å². The van der Waals surface area contributed by atoms with Crippen LogP contribution in [-0.2, 0) is 20.2 Å². The average Bonchev–Trinajstić information content (AvgIpc) is 3.26. The summed E-state index contributed by atoms with van der Waals surface area (Å²) in [6.07, 6.45) is 1.70. The molecule has 0 atom stereocenters. The molecule has 0 aliphatic carbocycles. The number of carbonyl (C=O) groups is 1. The van der Waals surface area contributed by atoms with E-state index in [4.69, 9.17) is 9.15 Å². The van der Waals surface area contributed by atoms with Gasteiger partial charge in [0.15, 0.2) is 11.5 Å². The number of nitrogens with one attached hydrogen (secondary N) is 1. The zero-order chi connectivity index (χ0) is 19.4. The fraction of sp³-hybridized carbons (Fsp3) is 0.222. The minimum atomic E-state index is -0.517. The van der Waals surface area contributed by atoms with Gasteiger partial charge in [-0.1, -0.05) is 12.1 Å². The van der Waals surface area contributed by atoms with E-state index in [0.29, 0.717) is 12.3 Å². The van der Waals surface area contributed by atoms with Gasteiger partial charge >= 0.3 is 5.69 Å². The summed E-state index contributed by atoms with van der Waals surface area (Å²) in [5.74, 6) is 0.292. The lowest BCUT2D eigenvalue weighted by Gasteiger charge is -2.05. The normalized spacial score (nSPS) is 10.6. The fourth-order valence-corrected chi connectivity index (χ4v) is 2.44. The maximum absolute atomic E-state index is 12.2. The van der Waals surface area contributed by atoms with Crippen molar-refractivity contribution in [3.63, 3.8) is 0 Å². The smallest absolute Gasteiger partial charge is 0.310 e. The summed E-state index contributed by atoms with van der Waals surface area (Å²) in [5.41, 5.74) is 1.75. The van der Waals surface area contributed by atoms with Crippen molar-refractivity contribution in [2.45, 2.75) is 20.1 Å². The average molecular weight is 370 g/mol. The lowest BCUT2D eigenvalue weighted by molar-refractivity contribution is -0.386. The van der Waals surface area contributed by atoms with Crippen LogP contribution in [0.15, 0.2) is 47.0 Å². The van der Waals surface area contributed by atoms with Crippen molar-refractivity contribution in [2.24, 2.45) is 7.05 Å². The minimum absolute atomic E-state index is 0.0279. The molecule has 0 bridgehead atoms. The standard InChI is InChI=1S/C18H18N4O5/c1-12-13(10-20-21(12)2)9-19-18(23)17-8-7-14(27-17)11-26-16-6-4-3-5-15(16)22(24)25/h3-8,10H,9,11H2,1-2H3,(H,19,23). The highest BCUT2D eigenvalue weighted by molar-refractivity contribution is 5.91. The maximum atomic E-state index is 12.2. The van der Waals surface area contributed by atoms with Crippen LogP contribution in [0.25, 0.3) is 0 Å². The van der Waals surface area contributed by atoms with Gasteiger partial charge < -0.3 is 14.5 Å². The molecule has 2 aromatic heterocycles. The number of benzene rings is 1. The van der Waals surface area contributed by atoms with Gasteiger partial charge in [-0.15, -0.1) is 0 Å². The van der Waals surface area contributed by atoms with E-state index < -0.39 is 4.92 Å². The van der Waals surface area contributed by atoms with E-state index in [9.17, 15) is 14.9 Å². The quantitative estimate of drug-likeness (QED) is 0.505. The van der Waals surface area contributed by atoms with E-state index in [1.807, 2.05) is 14.0 Å². The molecule has 0 aliphatic heterocycles. The summed E-state index contributed by atoms with van der Waals surface area (Å²) in [6.45, 7) is 2.22. The van der Waals surface area contributed by atoms with Gasteiger partial charge in [0.1, 0.15) is 12.4 Å². The molecule has 0 fully saturated rings. The Bertz CT molecular complexity index is 976. The molecule has 0 radical (unpaired) electrons. The summed E-state index contributed by atoms with van der Waals surface area (Å²) < 4.78 is 12.6. The molecule has 3 aromatic rings. The van der Waals surface area contributed by atoms with E-state index in [1.165, 1.54) is 18.2 Å². The Morgan fingerprint density at radius 1 is 1.33 bits per heavy atom. The molecule has 9 nitrogen and oxygen atoms in total. The van der Waals surface area contributed by atoms with Crippen molar-refractivity contribution in [1.82, 2.24) is 15.1 Å². The second kappa shape index (κ2) is 7.73. The molecule has 3 rings (SSSR count). The topological polar surface area (TPSA) is 112 Å². The Morgan fingerprint density at radius 2 is 2.11 bits per heavy atom. The number of ether oxygens (including phenoxy) is 1. The second-order valence-electron chi connectivity index (χ2n) is 5.84. The monoisotopic (exact) mass is 370 g/mol. The number of aromatic nitrogens is 2. The first kappa shape index (κ1) is 18.2. The highest BCUT2D eigenvalue weighted by atomic mass is 16.6. The van der Waals surface area contributed by atoms with E-state index in [-0.39, 0.29) is 29.7 Å². The first-order valence-corrected chi connectivity index (χ1v) is 8.16. The van der Waals surface area contributed by atoms with Crippen molar-refractivity contribution in [3.8, 4) is 5.75 Å². The Kier molecular flexibility index (Phi) is 5.20. The Labute approximate surface area is 154 Å². The third-order valence-electron chi connectivity index (χ3n) is 4.09. The largest absolute Gasteiger partial charge is 0.479 e. The van der Waals surface area contributed by atoms with E-state index in [0.717, 1.165) is 11.3 Å². The molecular formula is C18H18N4O5. The summed E-state index contributed by atoms with van der Waals surface area (Å²) in [6, 6.07) is 9.19. The molecule has 1 N–H and O–H groups in total. The SMILES string of the molecule is Cc1c(CNC(=O)c2ccc(COc3ccccc3[N+](=O)[O-])o2)cnn1C. The third kappa shape index (κ3) is 4.14. The van der Waals surface area contributed by atoms with Gasteiger partial charge in [0.2, 0.25) is 0 Å². The first-order valence-electron chi connectivity index (χ1n) is 8.16. The Morgan fingerprint density at radius 3 is 2.81 bits per heavy atom. The summed E-state index contributed by atoms with van der Waals surface area (Å²) in [7, 11) is 1.83. The van der Waals surface area contributed by atoms with E-state index in [2.05, 4.69) is 10.4 Å². The molecular weight excluding hydrogens is 352 g/mol. The minimum Gasteiger partial charge on any atom is -0.479 e. The number of aryl methyl sites for hydroxylation is 1. The predicted octanol–water partition coefficient (Wildman–Crippen LogP) is 2.74. The highest BCUT2D eigenvalue weighted by Gasteiger charge is 2.16. The zero-order valence-corrected chi connectivity index (χ0v) is 14.8. The van der Waals surface area contributed by atoms with Crippen molar-refractivity contribution in [3.05, 3.63) is 75.5 Å². The third-order valence-corrected chi connectivity index (χ3v) is 4.09. The fourth-order valence-electron chi connectivity index (χ4n) is 2.44. The van der Waals surface area contributed by atoms with Crippen molar-refractivity contribution in [1.29, 1.82) is 0 Å². The van der Waals surface area contributed by atoms with Crippen LogP contribution in [0.3, 0.4) is 0 Å². The molecule has 27 heavy (non-hydrogen) atoms. The van der Waals surface area contributed by atoms with Crippen LogP contribution in [0.2, 0.25) is 0 Å². The second-order valence-corrected chi connectivity index (χ2v) is 5.84. The molecule has 9 heteroatoms. The van der Waals surface area contributed by atoms with Gasteiger partial charge in [0.25, 0.3) is 5.91 Å². The van der Waals surface area contributed by atoms with E-state index in [1.54, 1.807) is 29.1 Å². The number of carbonyl (C=O) groups excluding carboxylic acids is 1. The number of nitro groups is 1. The van der Waals surface area contributed by atoms with Crippen LogP contribution >= 0.6 is 0 Å². The van der Waals surface area contributed by atoms with E-state index >= 15 is 0 Å². The number of nitrogens with zero attached hydrogens (tertiary/aromatic N) is 3. The van der Waals surface area contributed by atoms with Crippen LogP contribution in [0.4, 0.5) is 5.69 Å². The molecule has 0 saturated carbocycles. The van der Waals surface area contributed by atoms with Crippen molar-refractivity contribution in [2.75, 3.05) is 0 Å². The number of hydrogen-bond donors (Lipinski definition) is 1. The summed E-state index contributed by atoms with van der Waals surface area (Å²) in [5, 5.41) is 17.9. The van der Waals surface area contributed by atoms with Crippen LogP contribution < -0.4 is 10.1 Å². The zero-order valence-electron chi connectivity index (χ0n) is 14.8. The maximum Gasteiger partial charge on any atom is 0.310 e. The molecule has 1 amide bonds. The van der Waals surface area contributed by atoms with Gasteiger partial charge in [-0.3, -0.25) is 19.6 Å². The number of rotatable bonds is 7. The molecule has 0 spiro atoms. The molecule has 140 valence electrons. The van der Waals surface area contributed by atoms with Gasteiger partial charge in [-0.05, 0) is 25.1 Å². The van der Waals surface area contributed by atoms with Gasteiger partial charge in [0, 0.05) is 30.9 Å². The van der Waals surface area contributed by atoms with Crippen LogP contribution in [0.5, 0.6) is 5.75 Å².